The number of halogens is 1. The molecule has 3 aromatic carbocycles. The Balaban J connectivity index is 1.65. The van der Waals surface area contributed by atoms with Crippen LogP contribution in [0, 0.1) is 0 Å². The first-order chi connectivity index (χ1) is 14.0. The summed E-state index contributed by atoms with van der Waals surface area (Å²) in [6.07, 6.45) is 0. The van der Waals surface area contributed by atoms with Crippen molar-refractivity contribution in [2.75, 3.05) is 11.9 Å². The summed E-state index contributed by atoms with van der Waals surface area (Å²) in [5, 5.41) is 2.82. The first kappa shape index (κ1) is 20.4. The lowest BCUT2D eigenvalue weighted by Gasteiger charge is -2.12. The molecular formula is C22H19BrN2O4. The van der Waals surface area contributed by atoms with E-state index in [1.807, 2.05) is 30.3 Å². The number of anilines is 1. The minimum absolute atomic E-state index is 0.200. The van der Waals surface area contributed by atoms with E-state index in [1.165, 1.54) is 0 Å². The van der Waals surface area contributed by atoms with Crippen molar-refractivity contribution in [3.05, 3.63) is 88.4 Å². The normalized spacial score (nSPS) is 10.2. The number of nitrogens with two attached hydrogens (primary N) is 1. The minimum atomic E-state index is -0.554. The lowest BCUT2D eigenvalue weighted by molar-refractivity contribution is -0.119. The highest BCUT2D eigenvalue weighted by Gasteiger charge is 2.13. The first-order valence-electron chi connectivity index (χ1n) is 8.80. The Bertz CT molecular complexity index is 1010. The second-order valence-electron chi connectivity index (χ2n) is 6.15. The molecule has 3 aromatic rings. The Hall–Kier alpha value is -3.32. The standard InChI is InChI=1S/C22H19BrN2O4/c23-16-5-3-4-15(12-16)13-29-20-7-2-1-6-19(20)22(27)25-17-8-10-18(11-9-17)28-14-21(24)26/h1-12H,13-14H2,(H2,24,26)(H,25,27). The number of amides is 2. The van der Waals surface area contributed by atoms with Crippen LogP contribution < -0.4 is 20.5 Å². The van der Waals surface area contributed by atoms with Crippen LogP contribution in [0.15, 0.2) is 77.3 Å². The van der Waals surface area contributed by atoms with Gasteiger partial charge in [-0.25, -0.2) is 0 Å². The Labute approximate surface area is 176 Å². The van der Waals surface area contributed by atoms with Gasteiger partial charge in [0.15, 0.2) is 6.61 Å². The van der Waals surface area contributed by atoms with E-state index in [1.54, 1.807) is 42.5 Å². The summed E-state index contributed by atoms with van der Waals surface area (Å²) < 4.78 is 12.0. The maximum absolute atomic E-state index is 12.7. The highest BCUT2D eigenvalue weighted by molar-refractivity contribution is 9.10. The van der Waals surface area contributed by atoms with Crippen molar-refractivity contribution in [3.8, 4) is 11.5 Å². The van der Waals surface area contributed by atoms with Gasteiger partial charge in [-0.1, -0.05) is 40.2 Å². The van der Waals surface area contributed by atoms with Crippen LogP contribution in [0.25, 0.3) is 0 Å². The van der Waals surface area contributed by atoms with Crippen LogP contribution >= 0.6 is 15.9 Å². The molecule has 3 rings (SSSR count). The quantitative estimate of drug-likeness (QED) is 0.534. The smallest absolute Gasteiger partial charge is 0.259 e. The molecule has 2 amide bonds. The number of carbonyl (C=O) groups excluding carboxylic acids is 2. The van der Waals surface area contributed by atoms with Crippen LogP contribution in [0.4, 0.5) is 5.69 Å². The molecular weight excluding hydrogens is 436 g/mol. The molecule has 0 radical (unpaired) electrons. The van der Waals surface area contributed by atoms with E-state index < -0.39 is 5.91 Å². The fourth-order valence-corrected chi connectivity index (χ4v) is 3.00. The Morgan fingerprint density at radius 1 is 0.931 bits per heavy atom. The van der Waals surface area contributed by atoms with Gasteiger partial charge < -0.3 is 20.5 Å². The average molecular weight is 455 g/mol. The second kappa shape index (κ2) is 9.75. The maximum Gasteiger partial charge on any atom is 0.259 e. The SMILES string of the molecule is NC(=O)COc1ccc(NC(=O)c2ccccc2OCc2cccc(Br)c2)cc1. The number of hydrogen-bond donors (Lipinski definition) is 2. The van der Waals surface area contributed by atoms with Crippen LogP contribution in [-0.4, -0.2) is 18.4 Å². The van der Waals surface area contributed by atoms with Crippen LogP contribution in [0.3, 0.4) is 0 Å². The van der Waals surface area contributed by atoms with Gasteiger partial charge in [-0.3, -0.25) is 9.59 Å². The van der Waals surface area contributed by atoms with Crippen molar-refractivity contribution >= 4 is 33.4 Å². The van der Waals surface area contributed by atoms with E-state index >= 15 is 0 Å². The molecule has 7 heteroatoms. The highest BCUT2D eigenvalue weighted by Crippen LogP contribution is 2.23. The largest absolute Gasteiger partial charge is 0.488 e. The number of nitrogens with one attached hydrogen (secondary N) is 1. The third kappa shape index (κ3) is 6.08. The maximum atomic E-state index is 12.7. The van der Waals surface area contributed by atoms with Gasteiger partial charge in [-0.15, -0.1) is 0 Å². The first-order valence-corrected chi connectivity index (χ1v) is 9.59. The van der Waals surface area contributed by atoms with Gasteiger partial charge in [0.25, 0.3) is 11.8 Å². The minimum Gasteiger partial charge on any atom is -0.488 e. The molecule has 0 aliphatic carbocycles. The van der Waals surface area contributed by atoms with Gasteiger partial charge in [0.05, 0.1) is 5.56 Å². The molecule has 0 heterocycles. The van der Waals surface area contributed by atoms with E-state index in [0.717, 1.165) is 10.0 Å². The molecule has 0 fully saturated rings. The molecule has 0 aliphatic rings. The zero-order valence-corrected chi connectivity index (χ0v) is 17.0. The monoisotopic (exact) mass is 454 g/mol. The van der Waals surface area contributed by atoms with Gasteiger partial charge in [0.2, 0.25) is 0 Å². The number of rotatable bonds is 8. The molecule has 0 saturated carbocycles. The molecule has 0 spiro atoms. The van der Waals surface area contributed by atoms with Crippen LogP contribution in [-0.2, 0) is 11.4 Å². The van der Waals surface area contributed by atoms with Crippen molar-refractivity contribution in [2.24, 2.45) is 5.73 Å². The number of primary amides is 1. The highest BCUT2D eigenvalue weighted by atomic mass is 79.9. The summed E-state index contributed by atoms with van der Waals surface area (Å²) in [6.45, 7) is 0.143. The predicted octanol–water partition coefficient (Wildman–Crippen LogP) is 4.14. The third-order valence-electron chi connectivity index (χ3n) is 3.91. The number of para-hydroxylation sites is 1. The third-order valence-corrected chi connectivity index (χ3v) is 4.40. The van der Waals surface area contributed by atoms with E-state index in [9.17, 15) is 9.59 Å². The molecule has 3 N–H and O–H groups in total. The molecule has 0 atom stereocenters. The molecule has 6 nitrogen and oxygen atoms in total. The summed E-state index contributed by atoms with van der Waals surface area (Å²) in [4.78, 5) is 23.5. The van der Waals surface area contributed by atoms with Gasteiger partial charge in [-0.2, -0.15) is 0 Å². The Kier molecular flexibility index (Phi) is 6.86. The van der Waals surface area contributed by atoms with Crippen LogP contribution in [0.5, 0.6) is 11.5 Å². The van der Waals surface area contributed by atoms with E-state index in [4.69, 9.17) is 15.2 Å². The second-order valence-corrected chi connectivity index (χ2v) is 7.06. The summed E-state index contributed by atoms with van der Waals surface area (Å²) in [5.41, 5.74) is 7.05. The van der Waals surface area contributed by atoms with Crippen LogP contribution in [0.1, 0.15) is 15.9 Å². The van der Waals surface area contributed by atoms with E-state index in [-0.39, 0.29) is 12.5 Å². The fraction of sp³-hybridized carbons (Fsp3) is 0.0909. The zero-order valence-electron chi connectivity index (χ0n) is 15.4. The van der Waals surface area contributed by atoms with Crippen molar-refractivity contribution in [3.63, 3.8) is 0 Å². The Morgan fingerprint density at radius 2 is 1.69 bits per heavy atom. The molecule has 0 bridgehead atoms. The summed E-state index contributed by atoms with van der Waals surface area (Å²) in [7, 11) is 0. The fourth-order valence-electron chi connectivity index (χ4n) is 2.56. The summed E-state index contributed by atoms with van der Waals surface area (Å²) >= 11 is 3.43. The molecule has 0 aromatic heterocycles. The van der Waals surface area contributed by atoms with E-state index in [2.05, 4.69) is 21.2 Å². The molecule has 0 unspecified atom stereocenters. The van der Waals surface area contributed by atoms with Gasteiger partial charge in [0.1, 0.15) is 18.1 Å². The number of benzene rings is 3. The lowest BCUT2D eigenvalue weighted by Crippen LogP contribution is -2.20. The number of ether oxygens (including phenoxy) is 2. The topological polar surface area (TPSA) is 90.7 Å². The molecule has 29 heavy (non-hydrogen) atoms. The van der Waals surface area contributed by atoms with Crippen molar-refractivity contribution in [2.45, 2.75) is 6.61 Å². The van der Waals surface area contributed by atoms with Crippen molar-refractivity contribution in [1.29, 1.82) is 0 Å². The van der Waals surface area contributed by atoms with Gasteiger partial charge in [-0.05, 0) is 54.1 Å². The van der Waals surface area contributed by atoms with Crippen LogP contribution in [0.2, 0.25) is 0 Å². The van der Waals surface area contributed by atoms with Crippen molar-refractivity contribution in [1.82, 2.24) is 0 Å². The molecule has 148 valence electrons. The van der Waals surface area contributed by atoms with E-state index in [0.29, 0.717) is 29.4 Å². The summed E-state index contributed by atoms with van der Waals surface area (Å²) in [5.74, 6) is 0.133. The summed E-state index contributed by atoms with van der Waals surface area (Å²) in [6, 6.07) is 21.5. The Morgan fingerprint density at radius 3 is 2.41 bits per heavy atom. The predicted molar refractivity (Wildman–Crippen MR) is 114 cm³/mol. The molecule has 0 aliphatic heterocycles. The van der Waals surface area contributed by atoms with Gasteiger partial charge in [0, 0.05) is 10.2 Å². The lowest BCUT2D eigenvalue weighted by atomic mass is 10.1. The number of hydrogen-bond acceptors (Lipinski definition) is 4. The zero-order chi connectivity index (χ0) is 20.6. The molecule has 0 saturated heterocycles. The number of carbonyl (C=O) groups is 2. The van der Waals surface area contributed by atoms with Crippen molar-refractivity contribution < 1.29 is 19.1 Å². The van der Waals surface area contributed by atoms with Gasteiger partial charge >= 0.3 is 0 Å². The average Bonchev–Trinajstić information content (AvgIpc) is 2.72.